The van der Waals surface area contributed by atoms with Crippen molar-refractivity contribution in [3.63, 3.8) is 0 Å². The van der Waals surface area contributed by atoms with E-state index in [0.717, 1.165) is 0 Å². The van der Waals surface area contributed by atoms with Crippen LogP contribution in [0, 0.1) is 0 Å². The lowest BCUT2D eigenvalue weighted by Gasteiger charge is -2.05. The van der Waals surface area contributed by atoms with Gasteiger partial charge in [0.1, 0.15) is 4.90 Å². The number of H-pyrrole nitrogens is 1. The summed E-state index contributed by atoms with van der Waals surface area (Å²) >= 11 is 5.79. The molecule has 0 fully saturated rings. The number of nitrogens with two attached hydrogens (primary N) is 1. The Labute approximate surface area is 102 Å². The number of rotatable bonds is 3. The second-order valence-electron chi connectivity index (χ2n) is 3.08. The lowest BCUT2D eigenvalue weighted by molar-refractivity contribution is 0.601. The number of aromatic amines is 1. The van der Waals surface area contributed by atoms with Gasteiger partial charge in [0.25, 0.3) is 16.0 Å². The van der Waals surface area contributed by atoms with Crippen molar-refractivity contribution in [1.82, 2.24) is 15.2 Å². The van der Waals surface area contributed by atoms with Crippen LogP contribution in [-0.4, -0.2) is 23.6 Å². The number of hydrogen-bond acceptors (Lipinski definition) is 5. The van der Waals surface area contributed by atoms with Gasteiger partial charge in [-0.05, 0) is 12.1 Å². The molecule has 1 aromatic carbocycles. The second kappa shape index (κ2) is 4.22. The summed E-state index contributed by atoms with van der Waals surface area (Å²) in [4.78, 5) is 3.58. The molecule has 17 heavy (non-hydrogen) atoms. The number of sulfonamides is 1. The third-order valence-electron chi connectivity index (χ3n) is 1.85. The van der Waals surface area contributed by atoms with Gasteiger partial charge in [-0.2, -0.15) is 4.98 Å². The van der Waals surface area contributed by atoms with Gasteiger partial charge in [-0.3, -0.25) is 0 Å². The molecule has 9 heteroatoms. The maximum Gasteiger partial charge on any atom is 0.265 e. The summed E-state index contributed by atoms with van der Waals surface area (Å²) in [5, 5.41) is 5.99. The van der Waals surface area contributed by atoms with Crippen LogP contribution in [0.1, 0.15) is 0 Å². The molecule has 0 aliphatic heterocycles. The monoisotopic (exact) mass is 273 g/mol. The van der Waals surface area contributed by atoms with E-state index in [1.165, 1.54) is 12.1 Å². The van der Waals surface area contributed by atoms with E-state index in [9.17, 15) is 8.42 Å². The van der Waals surface area contributed by atoms with E-state index in [4.69, 9.17) is 17.3 Å². The van der Waals surface area contributed by atoms with Crippen LogP contribution in [0.3, 0.4) is 0 Å². The SMILES string of the molecule is Nc1nc(NS(=O)(=O)c2ccccc2Cl)n[nH]1. The second-order valence-corrected chi connectivity index (χ2v) is 5.14. The van der Waals surface area contributed by atoms with Gasteiger partial charge in [-0.25, -0.2) is 18.2 Å². The predicted octanol–water partition coefficient (Wildman–Crippen LogP) is 0.841. The normalized spacial score (nSPS) is 11.4. The largest absolute Gasteiger partial charge is 0.368 e. The van der Waals surface area contributed by atoms with Crippen LogP contribution >= 0.6 is 11.6 Å². The lowest BCUT2D eigenvalue weighted by atomic mass is 10.4. The van der Waals surface area contributed by atoms with E-state index in [2.05, 4.69) is 19.9 Å². The average Bonchev–Trinajstić information content (AvgIpc) is 2.63. The molecule has 90 valence electrons. The molecular formula is C8H8ClN5O2S. The Bertz CT molecular complexity index is 639. The fourth-order valence-corrected chi connectivity index (χ4v) is 2.62. The minimum Gasteiger partial charge on any atom is -0.368 e. The molecule has 2 rings (SSSR count). The molecular weight excluding hydrogens is 266 g/mol. The highest BCUT2D eigenvalue weighted by molar-refractivity contribution is 7.92. The van der Waals surface area contributed by atoms with Gasteiger partial charge in [0.15, 0.2) is 0 Å². The Morgan fingerprint density at radius 1 is 1.35 bits per heavy atom. The minimum absolute atomic E-state index is 0.0156. The molecule has 1 heterocycles. The first kappa shape index (κ1) is 11.7. The first-order valence-electron chi connectivity index (χ1n) is 4.44. The zero-order valence-electron chi connectivity index (χ0n) is 8.38. The molecule has 1 aromatic heterocycles. The quantitative estimate of drug-likeness (QED) is 0.767. The van der Waals surface area contributed by atoms with Crippen molar-refractivity contribution in [3.05, 3.63) is 29.3 Å². The molecule has 0 saturated carbocycles. The molecule has 0 atom stereocenters. The van der Waals surface area contributed by atoms with Crippen molar-refractivity contribution in [1.29, 1.82) is 0 Å². The predicted molar refractivity (Wildman–Crippen MR) is 63.1 cm³/mol. The van der Waals surface area contributed by atoms with Gasteiger partial charge in [0.05, 0.1) is 5.02 Å². The zero-order chi connectivity index (χ0) is 12.5. The van der Waals surface area contributed by atoms with E-state index >= 15 is 0 Å². The molecule has 2 aromatic rings. The summed E-state index contributed by atoms with van der Waals surface area (Å²) in [6.07, 6.45) is 0. The van der Waals surface area contributed by atoms with Gasteiger partial charge < -0.3 is 5.73 Å². The highest BCUT2D eigenvalue weighted by atomic mass is 35.5. The van der Waals surface area contributed by atoms with Crippen LogP contribution in [0.2, 0.25) is 5.02 Å². The highest BCUT2D eigenvalue weighted by Gasteiger charge is 2.19. The van der Waals surface area contributed by atoms with Crippen molar-refractivity contribution >= 4 is 33.5 Å². The molecule has 0 spiro atoms. The summed E-state index contributed by atoms with van der Waals surface area (Å²) in [6, 6.07) is 6.04. The maximum absolute atomic E-state index is 11.9. The summed E-state index contributed by atoms with van der Waals surface area (Å²) in [7, 11) is -3.81. The number of aromatic nitrogens is 3. The molecule has 0 unspecified atom stereocenters. The van der Waals surface area contributed by atoms with Crippen LogP contribution in [-0.2, 0) is 10.0 Å². The Kier molecular flexibility index (Phi) is 2.90. The lowest BCUT2D eigenvalue weighted by Crippen LogP contribution is -2.14. The molecule has 0 aliphatic carbocycles. The number of halogens is 1. The molecule has 4 N–H and O–H groups in total. The van der Waals surface area contributed by atoms with E-state index < -0.39 is 10.0 Å². The Morgan fingerprint density at radius 3 is 2.65 bits per heavy atom. The zero-order valence-corrected chi connectivity index (χ0v) is 9.96. The van der Waals surface area contributed by atoms with Crippen molar-refractivity contribution in [2.45, 2.75) is 4.90 Å². The van der Waals surface area contributed by atoms with Crippen molar-refractivity contribution in [2.24, 2.45) is 0 Å². The molecule has 7 nitrogen and oxygen atoms in total. The number of hydrogen-bond donors (Lipinski definition) is 3. The van der Waals surface area contributed by atoms with E-state index in [1.807, 2.05) is 0 Å². The van der Waals surface area contributed by atoms with Crippen LogP contribution in [0.5, 0.6) is 0 Å². The summed E-state index contributed by atoms with van der Waals surface area (Å²) in [6.45, 7) is 0. The van der Waals surface area contributed by atoms with E-state index in [-0.39, 0.29) is 21.8 Å². The van der Waals surface area contributed by atoms with Gasteiger partial charge in [0, 0.05) is 0 Å². The highest BCUT2D eigenvalue weighted by Crippen LogP contribution is 2.22. The Hall–Kier alpha value is -1.80. The van der Waals surface area contributed by atoms with Gasteiger partial charge in [-0.1, -0.05) is 23.7 Å². The summed E-state index contributed by atoms with van der Waals surface area (Å²) < 4.78 is 26.0. The van der Waals surface area contributed by atoms with Crippen molar-refractivity contribution in [3.8, 4) is 0 Å². The number of nitrogen functional groups attached to an aromatic ring is 1. The number of nitrogens with one attached hydrogen (secondary N) is 2. The van der Waals surface area contributed by atoms with E-state index in [1.54, 1.807) is 12.1 Å². The van der Waals surface area contributed by atoms with Crippen molar-refractivity contribution < 1.29 is 8.42 Å². The smallest absolute Gasteiger partial charge is 0.265 e. The van der Waals surface area contributed by atoms with Crippen LogP contribution in [0.4, 0.5) is 11.9 Å². The fraction of sp³-hybridized carbons (Fsp3) is 0. The molecule has 0 amide bonds. The van der Waals surface area contributed by atoms with Gasteiger partial charge in [0.2, 0.25) is 5.95 Å². The standard InChI is InChI=1S/C8H8ClN5O2S/c9-5-3-1-2-4-6(5)17(15,16)14-8-11-7(10)12-13-8/h1-4H,(H4,10,11,12,13,14). The third-order valence-corrected chi connectivity index (χ3v) is 3.68. The van der Waals surface area contributed by atoms with Crippen LogP contribution in [0.25, 0.3) is 0 Å². The Morgan fingerprint density at radius 2 is 2.06 bits per heavy atom. The molecule has 0 radical (unpaired) electrons. The minimum atomic E-state index is -3.81. The summed E-state index contributed by atoms with van der Waals surface area (Å²) in [5.41, 5.74) is 5.28. The summed E-state index contributed by atoms with van der Waals surface area (Å²) in [5.74, 6) is -0.121. The Balaban J connectivity index is 2.35. The first-order valence-corrected chi connectivity index (χ1v) is 6.30. The topological polar surface area (TPSA) is 114 Å². The number of anilines is 2. The van der Waals surface area contributed by atoms with Gasteiger partial charge >= 0.3 is 0 Å². The maximum atomic E-state index is 11.9. The van der Waals surface area contributed by atoms with Gasteiger partial charge in [-0.15, -0.1) is 5.10 Å². The molecule has 0 saturated heterocycles. The van der Waals surface area contributed by atoms with E-state index in [0.29, 0.717) is 0 Å². The molecule has 0 aliphatic rings. The van der Waals surface area contributed by atoms with Crippen LogP contribution in [0.15, 0.2) is 29.2 Å². The third kappa shape index (κ3) is 2.48. The van der Waals surface area contributed by atoms with Crippen LogP contribution < -0.4 is 10.5 Å². The fourth-order valence-electron chi connectivity index (χ4n) is 1.16. The number of benzene rings is 1. The first-order chi connectivity index (χ1) is 7.99. The average molecular weight is 274 g/mol. The molecule has 0 bridgehead atoms. The van der Waals surface area contributed by atoms with Crippen molar-refractivity contribution in [2.75, 3.05) is 10.5 Å². The number of nitrogens with zero attached hydrogens (tertiary/aromatic N) is 2.